The number of amides is 1. The molecule has 1 aliphatic heterocycles. The molecule has 1 N–H and O–H groups in total. The van der Waals surface area contributed by atoms with E-state index in [0.29, 0.717) is 37.6 Å². The summed E-state index contributed by atoms with van der Waals surface area (Å²) in [7, 11) is -3.80. The molecule has 0 bridgehead atoms. The predicted molar refractivity (Wildman–Crippen MR) is 123 cm³/mol. The van der Waals surface area contributed by atoms with Gasteiger partial charge in [-0.15, -0.1) is 0 Å². The third-order valence-corrected chi connectivity index (χ3v) is 7.13. The topological polar surface area (TPSA) is 103 Å². The lowest BCUT2D eigenvalue weighted by Gasteiger charge is -2.27. The zero-order chi connectivity index (χ0) is 23.3. The van der Waals surface area contributed by atoms with Gasteiger partial charge in [-0.1, -0.05) is 12.1 Å². The van der Waals surface area contributed by atoms with E-state index in [9.17, 15) is 13.2 Å². The van der Waals surface area contributed by atoms with Gasteiger partial charge in [-0.2, -0.15) is 9.40 Å². The molecular weight excluding hydrogens is 444 g/mol. The van der Waals surface area contributed by atoms with E-state index in [4.69, 9.17) is 9.47 Å². The molecule has 174 valence electrons. The van der Waals surface area contributed by atoms with Crippen molar-refractivity contribution in [2.24, 2.45) is 0 Å². The van der Waals surface area contributed by atoms with Crippen molar-refractivity contribution in [3.05, 3.63) is 72.1 Å². The van der Waals surface area contributed by atoms with Crippen LogP contribution in [0.25, 0.3) is 0 Å². The summed E-state index contributed by atoms with van der Waals surface area (Å²) in [6.45, 7) is 3.95. The van der Waals surface area contributed by atoms with Crippen LogP contribution in [0.5, 0.6) is 5.75 Å². The Labute approximate surface area is 193 Å². The first-order valence-electron chi connectivity index (χ1n) is 10.7. The van der Waals surface area contributed by atoms with Gasteiger partial charge in [-0.25, -0.2) is 8.42 Å². The molecule has 1 amide bonds. The highest BCUT2D eigenvalue weighted by molar-refractivity contribution is 7.89. The average molecular weight is 471 g/mol. The van der Waals surface area contributed by atoms with Crippen LogP contribution >= 0.6 is 0 Å². The van der Waals surface area contributed by atoms with Gasteiger partial charge in [0.15, 0.2) is 0 Å². The summed E-state index contributed by atoms with van der Waals surface area (Å²) in [4.78, 5) is 12.8. The second-order valence-corrected chi connectivity index (χ2v) is 9.37. The molecule has 0 radical (unpaired) electrons. The van der Waals surface area contributed by atoms with Gasteiger partial charge < -0.3 is 14.8 Å². The van der Waals surface area contributed by atoms with Crippen molar-refractivity contribution in [3.8, 4) is 5.75 Å². The Morgan fingerprint density at radius 2 is 1.91 bits per heavy atom. The number of rotatable bonds is 8. The van der Waals surface area contributed by atoms with Gasteiger partial charge in [0.25, 0.3) is 5.91 Å². The van der Waals surface area contributed by atoms with Gasteiger partial charge in [0.05, 0.1) is 26.4 Å². The molecule has 0 unspecified atom stereocenters. The van der Waals surface area contributed by atoms with Gasteiger partial charge in [-0.3, -0.25) is 9.48 Å². The number of hydrogen-bond acceptors (Lipinski definition) is 6. The summed E-state index contributed by atoms with van der Waals surface area (Å²) in [5, 5.41) is 6.96. The van der Waals surface area contributed by atoms with Crippen LogP contribution in [0.1, 0.15) is 22.8 Å². The van der Waals surface area contributed by atoms with Crippen molar-refractivity contribution in [2.45, 2.75) is 18.4 Å². The van der Waals surface area contributed by atoms with Gasteiger partial charge >= 0.3 is 0 Å². The average Bonchev–Trinajstić information content (AvgIpc) is 3.34. The number of aromatic nitrogens is 2. The van der Waals surface area contributed by atoms with Crippen molar-refractivity contribution in [2.75, 3.05) is 38.2 Å². The van der Waals surface area contributed by atoms with Crippen molar-refractivity contribution in [3.63, 3.8) is 0 Å². The highest BCUT2D eigenvalue weighted by atomic mass is 32.2. The second kappa shape index (κ2) is 10.2. The van der Waals surface area contributed by atoms with Gasteiger partial charge in [0.2, 0.25) is 10.0 Å². The molecule has 33 heavy (non-hydrogen) atoms. The van der Waals surface area contributed by atoms with Crippen LogP contribution in [0.15, 0.2) is 65.8 Å². The summed E-state index contributed by atoms with van der Waals surface area (Å²) in [6.07, 6.45) is 3.58. The highest BCUT2D eigenvalue weighted by Gasteiger charge is 2.29. The minimum absolute atomic E-state index is 0.0265. The molecule has 0 aliphatic carbocycles. The van der Waals surface area contributed by atoms with Crippen LogP contribution in [0.2, 0.25) is 0 Å². The summed E-state index contributed by atoms with van der Waals surface area (Å²) in [5.41, 5.74) is 1.84. The maximum absolute atomic E-state index is 13.2. The normalized spacial score (nSPS) is 14.7. The Morgan fingerprint density at radius 3 is 2.58 bits per heavy atom. The predicted octanol–water partition coefficient (Wildman–Crippen LogP) is 2.60. The van der Waals surface area contributed by atoms with E-state index in [0.717, 1.165) is 5.56 Å². The smallest absolute Gasteiger partial charge is 0.255 e. The minimum atomic E-state index is -3.80. The van der Waals surface area contributed by atoms with Crippen LogP contribution in [0.4, 0.5) is 5.69 Å². The van der Waals surface area contributed by atoms with E-state index >= 15 is 0 Å². The van der Waals surface area contributed by atoms with E-state index in [1.54, 1.807) is 42.1 Å². The zero-order valence-corrected chi connectivity index (χ0v) is 19.1. The summed E-state index contributed by atoms with van der Waals surface area (Å²) in [6, 6.07) is 13.7. The number of nitrogens with one attached hydrogen (secondary N) is 1. The number of ether oxygens (including phenoxy) is 2. The fourth-order valence-corrected chi connectivity index (χ4v) is 5.10. The fraction of sp³-hybridized carbons (Fsp3) is 0.304. The monoisotopic (exact) mass is 470 g/mol. The Kier molecular flexibility index (Phi) is 7.07. The van der Waals surface area contributed by atoms with Crippen molar-refractivity contribution >= 4 is 21.6 Å². The Hall–Kier alpha value is -3.21. The molecule has 1 saturated heterocycles. The van der Waals surface area contributed by atoms with Gasteiger partial charge in [0, 0.05) is 36.7 Å². The number of anilines is 1. The van der Waals surface area contributed by atoms with Crippen molar-refractivity contribution in [1.82, 2.24) is 14.1 Å². The Bertz CT molecular complexity index is 1190. The molecule has 9 nitrogen and oxygen atoms in total. The van der Waals surface area contributed by atoms with E-state index in [1.165, 1.54) is 10.4 Å². The van der Waals surface area contributed by atoms with E-state index in [1.807, 2.05) is 24.4 Å². The first-order valence-corrected chi connectivity index (χ1v) is 12.1. The number of morpholine rings is 1. The number of carbonyl (C=O) groups excluding carboxylic acids is 1. The van der Waals surface area contributed by atoms with Gasteiger partial charge in [-0.05, 0) is 48.9 Å². The first kappa shape index (κ1) is 23.0. The van der Waals surface area contributed by atoms with Crippen LogP contribution in [0, 0.1) is 0 Å². The molecule has 4 rings (SSSR count). The van der Waals surface area contributed by atoms with Crippen molar-refractivity contribution in [1.29, 1.82) is 0 Å². The van der Waals surface area contributed by atoms with Crippen molar-refractivity contribution < 1.29 is 22.7 Å². The molecule has 1 aliphatic rings. The van der Waals surface area contributed by atoms with Crippen LogP contribution in [0.3, 0.4) is 0 Å². The minimum Gasteiger partial charge on any atom is -0.492 e. The lowest BCUT2D eigenvalue weighted by molar-refractivity contribution is 0.0729. The molecule has 0 spiro atoms. The number of hydrogen-bond donors (Lipinski definition) is 1. The molecule has 10 heteroatoms. The Balaban J connectivity index is 1.52. The maximum atomic E-state index is 13.2. The molecule has 1 fully saturated rings. The highest BCUT2D eigenvalue weighted by Crippen LogP contribution is 2.30. The van der Waals surface area contributed by atoms with Crippen LogP contribution < -0.4 is 10.1 Å². The van der Waals surface area contributed by atoms with E-state index in [2.05, 4.69) is 10.4 Å². The largest absolute Gasteiger partial charge is 0.492 e. The Morgan fingerprint density at radius 1 is 1.15 bits per heavy atom. The number of nitrogens with zero attached hydrogens (tertiary/aromatic N) is 3. The van der Waals surface area contributed by atoms with Crippen LogP contribution in [-0.4, -0.2) is 61.3 Å². The number of sulfonamides is 1. The van der Waals surface area contributed by atoms with Gasteiger partial charge in [0.1, 0.15) is 10.6 Å². The lowest BCUT2D eigenvalue weighted by atomic mass is 10.1. The molecule has 0 saturated carbocycles. The quantitative estimate of drug-likeness (QED) is 0.543. The van der Waals surface area contributed by atoms with E-state index < -0.39 is 10.0 Å². The first-order chi connectivity index (χ1) is 16.0. The number of carbonyl (C=O) groups is 1. The molecule has 2 aromatic carbocycles. The fourth-order valence-electron chi connectivity index (χ4n) is 3.53. The second-order valence-electron chi connectivity index (χ2n) is 7.47. The molecule has 3 aromatic rings. The summed E-state index contributed by atoms with van der Waals surface area (Å²) in [5.74, 6) is -0.0792. The summed E-state index contributed by atoms with van der Waals surface area (Å²) >= 11 is 0. The standard InChI is InChI=1S/C23H26N4O5S/c1-2-32-21-9-8-20(16-22(21)33(29,30)27-12-14-31-15-13-27)25-23(28)19-6-4-18(5-7-19)17-26-11-3-10-24-26/h3-11,16H,2,12-15,17H2,1H3,(H,25,28). The molecule has 1 aromatic heterocycles. The van der Waals surface area contributed by atoms with E-state index in [-0.39, 0.29) is 29.6 Å². The third-order valence-electron chi connectivity index (χ3n) is 5.21. The zero-order valence-electron chi connectivity index (χ0n) is 18.3. The summed E-state index contributed by atoms with van der Waals surface area (Å²) < 4.78 is 40.5. The lowest BCUT2D eigenvalue weighted by Crippen LogP contribution is -2.40. The SMILES string of the molecule is CCOc1ccc(NC(=O)c2ccc(Cn3cccn3)cc2)cc1S(=O)(=O)N1CCOCC1. The number of benzene rings is 2. The maximum Gasteiger partial charge on any atom is 0.255 e. The van der Waals surface area contributed by atoms with Crippen LogP contribution in [-0.2, 0) is 21.3 Å². The molecular formula is C23H26N4O5S. The molecule has 2 heterocycles. The molecule has 0 atom stereocenters. The third kappa shape index (κ3) is 5.41.